The van der Waals surface area contributed by atoms with Gasteiger partial charge in [0.1, 0.15) is 6.04 Å². The van der Waals surface area contributed by atoms with Gasteiger partial charge in [-0.3, -0.25) is 4.79 Å². The van der Waals surface area contributed by atoms with E-state index in [0.717, 1.165) is 25.9 Å². The second-order valence-electron chi connectivity index (χ2n) is 4.07. The summed E-state index contributed by atoms with van der Waals surface area (Å²) in [5.41, 5.74) is 0. The fraction of sp³-hybridized carbons (Fsp3) is 0.800. The van der Waals surface area contributed by atoms with E-state index in [2.05, 4.69) is 5.32 Å². The molecule has 0 aliphatic carbocycles. The third-order valence-electron chi connectivity index (χ3n) is 3.14. The molecule has 5 heteroatoms. The Labute approximate surface area is 88.8 Å². The Morgan fingerprint density at radius 1 is 1.40 bits per heavy atom. The topological polar surface area (TPSA) is 58.6 Å². The van der Waals surface area contributed by atoms with Crippen molar-refractivity contribution in [3.8, 4) is 0 Å². The molecule has 1 N–H and O–H groups in total. The number of ether oxygens (including phenoxy) is 1. The Bertz CT molecular complexity index is 276. The first-order valence-electron chi connectivity index (χ1n) is 5.33. The molecule has 0 bridgehead atoms. The zero-order chi connectivity index (χ0) is 10.8. The molecule has 0 saturated carbocycles. The molecule has 2 aliphatic rings. The lowest BCUT2D eigenvalue weighted by molar-refractivity contribution is -0.153. The number of hydrogen-bond donors (Lipinski definition) is 1. The molecule has 1 atom stereocenters. The van der Waals surface area contributed by atoms with Gasteiger partial charge in [-0.05, 0) is 12.8 Å². The van der Waals surface area contributed by atoms with Gasteiger partial charge < -0.3 is 15.0 Å². The Balaban J connectivity index is 2.00. The van der Waals surface area contributed by atoms with Gasteiger partial charge in [0.25, 0.3) is 0 Å². The first kappa shape index (κ1) is 10.4. The molecule has 2 fully saturated rings. The van der Waals surface area contributed by atoms with Crippen LogP contribution in [-0.4, -0.2) is 49.6 Å². The number of amides is 1. The lowest BCUT2D eigenvalue weighted by Gasteiger charge is -2.32. The van der Waals surface area contributed by atoms with E-state index < -0.39 is 0 Å². The van der Waals surface area contributed by atoms with Gasteiger partial charge in [-0.2, -0.15) is 0 Å². The Morgan fingerprint density at radius 3 is 2.67 bits per heavy atom. The largest absolute Gasteiger partial charge is 0.467 e. The van der Waals surface area contributed by atoms with E-state index in [1.807, 2.05) is 0 Å². The molecule has 0 aromatic heterocycles. The van der Waals surface area contributed by atoms with Crippen molar-refractivity contribution >= 4 is 11.9 Å². The van der Waals surface area contributed by atoms with E-state index >= 15 is 0 Å². The molecular formula is C10H16N2O3. The number of nitrogens with zero attached hydrogens (tertiary/aromatic N) is 1. The molecule has 0 unspecified atom stereocenters. The van der Waals surface area contributed by atoms with Crippen molar-refractivity contribution in [1.29, 1.82) is 0 Å². The van der Waals surface area contributed by atoms with Crippen molar-refractivity contribution in [3.63, 3.8) is 0 Å². The van der Waals surface area contributed by atoms with Gasteiger partial charge >= 0.3 is 5.97 Å². The normalized spacial score (nSPS) is 26.2. The van der Waals surface area contributed by atoms with Gasteiger partial charge in [0.15, 0.2) is 0 Å². The number of esters is 1. The third kappa shape index (κ3) is 1.84. The van der Waals surface area contributed by atoms with Gasteiger partial charge in [-0.1, -0.05) is 0 Å². The molecular weight excluding hydrogens is 196 g/mol. The third-order valence-corrected chi connectivity index (χ3v) is 3.14. The van der Waals surface area contributed by atoms with E-state index in [-0.39, 0.29) is 23.8 Å². The number of rotatable bonds is 2. The lowest BCUT2D eigenvalue weighted by Crippen LogP contribution is -2.54. The fourth-order valence-corrected chi connectivity index (χ4v) is 2.11. The van der Waals surface area contributed by atoms with Crippen LogP contribution in [0.1, 0.15) is 12.8 Å². The predicted molar refractivity (Wildman–Crippen MR) is 53.1 cm³/mol. The summed E-state index contributed by atoms with van der Waals surface area (Å²) in [7, 11) is 1.37. The predicted octanol–water partition coefficient (Wildman–Crippen LogP) is -0.630. The minimum Gasteiger partial charge on any atom is -0.467 e. The highest BCUT2D eigenvalue weighted by molar-refractivity contribution is 5.87. The van der Waals surface area contributed by atoms with Gasteiger partial charge in [0.05, 0.1) is 13.0 Å². The van der Waals surface area contributed by atoms with Crippen LogP contribution in [0.2, 0.25) is 0 Å². The minimum atomic E-state index is -0.344. The number of carbonyl (C=O) groups excluding carboxylic acids is 2. The summed E-state index contributed by atoms with van der Waals surface area (Å²) in [5.74, 6) is -0.120. The summed E-state index contributed by atoms with van der Waals surface area (Å²) in [6.07, 6.45) is 1.63. The Kier molecular flexibility index (Phi) is 2.90. The van der Waals surface area contributed by atoms with E-state index in [1.165, 1.54) is 7.11 Å². The highest BCUT2D eigenvalue weighted by Crippen LogP contribution is 2.21. The average Bonchev–Trinajstić information content (AvgIpc) is 2.62. The van der Waals surface area contributed by atoms with Crippen molar-refractivity contribution in [3.05, 3.63) is 0 Å². The van der Waals surface area contributed by atoms with E-state index in [0.29, 0.717) is 6.54 Å². The zero-order valence-electron chi connectivity index (χ0n) is 8.86. The van der Waals surface area contributed by atoms with Crippen LogP contribution in [0.4, 0.5) is 0 Å². The van der Waals surface area contributed by atoms with Crippen LogP contribution in [0.3, 0.4) is 0 Å². The van der Waals surface area contributed by atoms with Crippen LogP contribution >= 0.6 is 0 Å². The molecule has 2 heterocycles. The van der Waals surface area contributed by atoms with Gasteiger partial charge in [0, 0.05) is 19.6 Å². The van der Waals surface area contributed by atoms with Crippen molar-refractivity contribution < 1.29 is 14.3 Å². The van der Waals surface area contributed by atoms with Crippen LogP contribution < -0.4 is 5.32 Å². The molecule has 5 nitrogen and oxygen atoms in total. The molecule has 84 valence electrons. The van der Waals surface area contributed by atoms with Crippen molar-refractivity contribution in [1.82, 2.24) is 10.2 Å². The summed E-state index contributed by atoms with van der Waals surface area (Å²) in [4.78, 5) is 25.0. The van der Waals surface area contributed by atoms with Crippen LogP contribution in [0.15, 0.2) is 0 Å². The SMILES string of the molecule is COC(=O)[C@@H]1CCCN1C(=O)C1CNC1. The standard InChI is InChI=1S/C10H16N2O3/c1-15-10(14)8-3-2-4-12(8)9(13)7-5-11-6-7/h7-8,11H,2-6H2,1H3/t8-/m0/s1. The van der Waals surface area contributed by atoms with Crippen LogP contribution in [-0.2, 0) is 14.3 Å². The fourth-order valence-electron chi connectivity index (χ4n) is 2.11. The number of methoxy groups -OCH3 is 1. The van der Waals surface area contributed by atoms with Crippen molar-refractivity contribution in [2.75, 3.05) is 26.7 Å². The molecule has 1 amide bonds. The van der Waals surface area contributed by atoms with Gasteiger partial charge in [0.2, 0.25) is 5.91 Å². The summed E-state index contributed by atoms with van der Waals surface area (Å²) in [6, 6.07) is -0.344. The maximum Gasteiger partial charge on any atom is 0.328 e. The molecule has 2 rings (SSSR count). The molecule has 0 radical (unpaired) electrons. The number of hydrogen-bond acceptors (Lipinski definition) is 4. The molecule has 0 aromatic carbocycles. The summed E-state index contributed by atoms with van der Waals surface area (Å²) in [5, 5.41) is 3.06. The maximum absolute atomic E-state index is 11.9. The summed E-state index contributed by atoms with van der Waals surface area (Å²) in [6.45, 7) is 2.17. The molecule has 0 aromatic rings. The molecule has 15 heavy (non-hydrogen) atoms. The van der Waals surface area contributed by atoms with Crippen LogP contribution in [0.25, 0.3) is 0 Å². The minimum absolute atomic E-state index is 0.0651. The van der Waals surface area contributed by atoms with Crippen LogP contribution in [0.5, 0.6) is 0 Å². The number of carbonyl (C=O) groups is 2. The van der Waals surface area contributed by atoms with E-state index in [1.54, 1.807) is 4.90 Å². The van der Waals surface area contributed by atoms with Crippen molar-refractivity contribution in [2.24, 2.45) is 5.92 Å². The molecule has 0 spiro atoms. The first-order chi connectivity index (χ1) is 7.24. The molecule has 2 saturated heterocycles. The van der Waals surface area contributed by atoms with E-state index in [9.17, 15) is 9.59 Å². The quantitative estimate of drug-likeness (QED) is 0.619. The van der Waals surface area contributed by atoms with Crippen LogP contribution in [0, 0.1) is 5.92 Å². The lowest BCUT2D eigenvalue weighted by atomic mass is 10.0. The second kappa shape index (κ2) is 4.18. The second-order valence-corrected chi connectivity index (χ2v) is 4.07. The smallest absolute Gasteiger partial charge is 0.328 e. The monoisotopic (exact) mass is 212 g/mol. The van der Waals surface area contributed by atoms with Gasteiger partial charge in [-0.25, -0.2) is 4.79 Å². The number of likely N-dealkylation sites (tertiary alicyclic amines) is 1. The summed E-state index contributed by atoms with van der Waals surface area (Å²) >= 11 is 0. The highest BCUT2D eigenvalue weighted by Gasteiger charge is 2.39. The Morgan fingerprint density at radius 2 is 2.13 bits per heavy atom. The summed E-state index contributed by atoms with van der Waals surface area (Å²) < 4.78 is 4.70. The highest BCUT2D eigenvalue weighted by atomic mass is 16.5. The molecule has 2 aliphatic heterocycles. The Hall–Kier alpha value is -1.10. The first-order valence-corrected chi connectivity index (χ1v) is 5.33. The van der Waals surface area contributed by atoms with Gasteiger partial charge in [-0.15, -0.1) is 0 Å². The average molecular weight is 212 g/mol. The van der Waals surface area contributed by atoms with Crippen molar-refractivity contribution in [2.45, 2.75) is 18.9 Å². The maximum atomic E-state index is 11.9. The van der Waals surface area contributed by atoms with E-state index in [4.69, 9.17) is 4.74 Å². The zero-order valence-corrected chi connectivity index (χ0v) is 8.86. The number of nitrogens with one attached hydrogen (secondary N) is 1.